The fourth-order valence-corrected chi connectivity index (χ4v) is 3.65. The zero-order valence-corrected chi connectivity index (χ0v) is 20.2. The van der Waals surface area contributed by atoms with E-state index in [1.807, 2.05) is 6.92 Å². The maximum Gasteiger partial charge on any atom is 0.265 e. The summed E-state index contributed by atoms with van der Waals surface area (Å²) in [6, 6.07) is 12.3. The number of rotatable bonds is 9. The number of methoxy groups -OCH3 is 1. The van der Waals surface area contributed by atoms with Gasteiger partial charge in [0.25, 0.3) is 11.8 Å². The second-order valence-electron chi connectivity index (χ2n) is 7.69. The van der Waals surface area contributed by atoms with Gasteiger partial charge in [-0.05, 0) is 66.7 Å². The van der Waals surface area contributed by atoms with Crippen LogP contribution in [0, 0.1) is 0 Å². The maximum absolute atomic E-state index is 12.9. The van der Waals surface area contributed by atoms with Crippen molar-refractivity contribution in [3.8, 4) is 11.5 Å². The summed E-state index contributed by atoms with van der Waals surface area (Å²) in [6.45, 7) is 4.12. The first-order chi connectivity index (χ1) is 16.3. The van der Waals surface area contributed by atoms with Gasteiger partial charge in [-0.3, -0.25) is 24.6 Å². The number of ether oxygens (including phenoxy) is 2. The zero-order chi connectivity index (χ0) is 24.7. The minimum absolute atomic E-state index is 0.0234. The summed E-state index contributed by atoms with van der Waals surface area (Å²) >= 11 is 5.17. The number of carbonyl (C=O) groups excluding carboxylic acids is 3. The maximum atomic E-state index is 12.9. The van der Waals surface area contributed by atoms with Crippen LogP contribution in [-0.2, 0) is 21.0 Å². The number of unbranched alkanes of at least 4 members (excludes halogenated alkanes) is 1. The highest BCUT2D eigenvalue weighted by atomic mass is 32.1. The molecule has 3 rings (SSSR count). The number of benzene rings is 2. The number of thiocarbonyl (C=S) groups is 1. The van der Waals surface area contributed by atoms with Crippen LogP contribution in [0.3, 0.4) is 0 Å². The van der Waals surface area contributed by atoms with E-state index in [-0.39, 0.29) is 23.2 Å². The summed E-state index contributed by atoms with van der Waals surface area (Å²) in [7, 11) is 1.56. The van der Waals surface area contributed by atoms with E-state index in [0.717, 1.165) is 18.4 Å². The van der Waals surface area contributed by atoms with Gasteiger partial charge < -0.3 is 14.8 Å². The molecule has 3 amide bonds. The van der Waals surface area contributed by atoms with Gasteiger partial charge in [-0.15, -0.1) is 0 Å². The molecule has 1 fully saturated rings. The van der Waals surface area contributed by atoms with E-state index in [1.165, 1.54) is 11.8 Å². The van der Waals surface area contributed by atoms with Gasteiger partial charge in [0.15, 0.2) is 5.11 Å². The van der Waals surface area contributed by atoms with Crippen LogP contribution >= 0.6 is 12.2 Å². The van der Waals surface area contributed by atoms with Crippen LogP contribution in [0.4, 0.5) is 5.69 Å². The molecule has 9 heteroatoms. The summed E-state index contributed by atoms with van der Waals surface area (Å²) in [5, 5.41) is 5.43. The lowest BCUT2D eigenvalue weighted by atomic mass is 10.0. The average molecular weight is 482 g/mol. The van der Waals surface area contributed by atoms with Crippen molar-refractivity contribution < 1.29 is 23.9 Å². The molecule has 0 atom stereocenters. The van der Waals surface area contributed by atoms with Crippen LogP contribution in [-0.4, -0.2) is 41.4 Å². The molecule has 0 bridgehead atoms. The molecule has 0 radical (unpaired) electrons. The highest BCUT2D eigenvalue weighted by Crippen LogP contribution is 2.25. The Balaban J connectivity index is 1.79. The predicted octanol–water partition coefficient (Wildman–Crippen LogP) is 3.66. The molecule has 1 saturated heterocycles. The number of nitrogens with zero attached hydrogens (tertiary/aromatic N) is 1. The number of anilines is 1. The van der Waals surface area contributed by atoms with Crippen molar-refractivity contribution in [2.45, 2.75) is 33.3 Å². The summed E-state index contributed by atoms with van der Waals surface area (Å²) in [5.41, 5.74) is 2.09. The van der Waals surface area contributed by atoms with E-state index in [0.29, 0.717) is 29.3 Å². The Morgan fingerprint density at radius 1 is 1.18 bits per heavy atom. The van der Waals surface area contributed by atoms with Crippen molar-refractivity contribution in [3.63, 3.8) is 0 Å². The number of hydrogen-bond acceptors (Lipinski definition) is 6. The van der Waals surface area contributed by atoms with E-state index in [2.05, 4.69) is 10.6 Å². The molecule has 8 nitrogen and oxygen atoms in total. The van der Waals surface area contributed by atoms with Gasteiger partial charge in [-0.1, -0.05) is 19.4 Å². The molecule has 0 unspecified atom stereocenters. The number of carbonyl (C=O) groups is 3. The lowest BCUT2D eigenvalue weighted by Crippen LogP contribution is -2.54. The Labute approximate surface area is 203 Å². The normalized spacial score (nSPS) is 14.7. The summed E-state index contributed by atoms with van der Waals surface area (Å²) in [6.07, 6.45) is 3.23. The Hall–Kier alpha value is -3.72. The Bertz CT molecular complexity index is 1130. The van der Waals surface area contributed by atoms with Crippen molar-refractivity contribution in [2.24, 2.45) is 0 Å². The van der Waals surface area contributed by atoms with Crippen LogP contribution in [0.1, 0.15) is 37.8 Å². The summed E-state index contributed by atoms with van der Waals surface area (Å²) in [4.78, 5) is 37.9. The summed E-state index contributed by atoms with van der Waals surface area (Å²) in [5.74, 6) is 0.152. The number of amides is 3. The van der Waals surface area contributed by atoms with E-state index >= 15 is 0 Å². The Morgan fingerprint density at radius 3 is 2.56 bits per heavy atom. The van der Waals surface area contributed by atoms with E-state index in [9.17, 15) is 14.4 Å². The van der Waals surface area contributed by atoms with Gasteiger partial charge in [0, 0.05) is 24.7 Å². The van der Waals surface area contributed by atoms with Crippen LogP contribution in [0.5, 0.6) is 11.5 Å². The molecular weight excluding hydrogens is 454 g/mol. The molecule has 2 N–H and O–H groups in total. The van der Waals surface area contributed by atoms with Crippen molar-refractivity contribution in [2.75, 3.05) is 19.0 Å². The number of hydrogen-bond donors (Lipinski definition) is 2. The first kappa shape index (κ1) is 24.9. The minimum Gasteiger partial charge on any atom is -0.496 e. The van der Waals surface area contributed by atoms with E-state index in [1.54, 1.807) is 55.7 Å². The molecule has 0 spiro atoms. The second-order valence-corrected chi connectivity index (χ2v) is 8.08. The van der Waals surface area contributed by atoms with Crippen molar-refractivity contribution in [1.29, 1.82) is 0 Å². The third-order valence-electron chi connectivity index (χ3n) is 5.11. The number of nitrogens with one attached hydrogen (secondary N) is 2. The molecular formula is C25H27N3O5S. The molecule has 2 aromatic carbocycles. The molecule has 1 aliphatic heterocycles. The van der Waals surface area contributed by atoms with Gasteiger partial charge >= 0.3 is 0 Å². The van der Waals surface area contributed by atoms with Gasteiger partial charge in [-0.2, -0.15) is 0 Å². The van der Waals surface area contributed by atoms with Gasteiger partial charge in [0.1, 0.15) is 23.7 Å². The van der Waals surface area contributed by atoms with Gasteiger partial charge in [0.05, 0.1) is 7.11 Å². The lowest BCUT2D eigenvalue weighted by molar-refractivity contribution is -0.129. The van der Waals surface area contributed by atoms with Crippen molar-refractivity contribution in [1.82, 2.24) is 10.2 Å². The van der Waals surface area contributed by atoms with Gasteiger partial charge in [-0.25, -0.2) is 0 Å². The van der Waals surface area contributed by atoms with Crippen molar-refractivity contribution >= 4 is 46.8 Å². The lowest BCUT2D eigenvalue weighted by Gasteiger charge is -2.28. The molecule has 1 aliphatic rings. The van der Waals surface area contributed by atoms with Crippen molar-refractivity contribution in [3.05, 3.63) is 59.2 Å². The zero-order valence-electron chi connectivity index (χ0n) is 19.3. The standard InChI is InChI=1S/C25H27N3O5S/c1-4-5-12-28-24(31)21(23(30)27-25(28)34)14-17-6-11-22(32-3)18(13-17)15-33-20-9-7-19(8-10-20)26-16(2)29/h6-11,13-14H,4-5,12,15H2,1-3H3,(H,26,29)(H,27,30,34). The monoisotopic (exact) mass is 481 g/mol. The fraction of sp³-hybridized carbons (Fsp3) is 0.280. The van der Waals surface area contributed by atoms with Crippen LogP contribution in [0.25, 0.3) is 6.08 Å². The highest BCUT2D eigenvalue weighted by Gasteiger charge is 2.32. The predicted molar refractivity (Wildman–Crippen MR) is 133 cm³/mol. The smallest absolute Gasteiger partial charge is 0.265 e. The molecule has 1 heterocycles. The average Bonchev–Trinajstić information content (AvgIpc) is 2.81. The topological polar surface area (TPSA) is 97.0 Å². The van der Waals surface area contributed by atoms with E-state index in [4.69, 9.17) is 21.7 Å². The van der Waals surface area contributed by atoms with Gasteiger partial charge in [0.2, 0.25) is 5.91 Å². The quantitative estimate of drug-likeness (QED) is 0.322. The molecule has 0 aromatic heterocycles. The molecule has 0 aliphatic carbocycles. The fourth-order valence-electron chi connectivity index (χ4n) is 3.38. The summed E-state index contributed by atoms with van der Waals surface area (Å²) < 4.78 is 11.3. The third-order valence-corrected chi connectivity index (χ3v) is 5.43. The first-order valence-corrected chi connectivity index (χ1v) is 11.3. The minimum atomic E-state index is -0.518. The Morgan fingerprint density at radius 2 is 1.91 bits per heavy atom. The first-order valence-electron chi connectivity index (χ1n) is 10.9. The van der Waals surface area contributed by atoms with Crippen LogP contribution < -0.4 is 20.1 Å². The second kappa shape index (κ2) is 11.4. The molecule has 178 valence electrons. The molecule has 0 saturated carbocycles. The molecule has 2 aromatic rings. The Kier molecular flexibility index (Phi) is 8.37. The van der Waals surface area contributed by atoms with E-state index < -0.39 is 11.8 Å². The highest BCUT2D eigenvalue weighted by molar-refractivity contribution is 7.80. The van der Waals surface area contributed by atoms with Crippen LogP contribution in [0.15, 0.2) is 48.0 Å². The SMILES string of the molecule is CCCCN1C(=O)C(=Cc2ccc(OC)c(COc3ccc(NC(C)=O)cc3)c2)C(=O)NC1=S. The third kappa shape index (κ3) is 6.20. The van der Waals surface area contributed by atoms with Crippen LogP contribution in [0.2, 0.25) is 0 Å². The molecule has 34 heavy (non-hydrogen) atoms. The largest absolute Gasteiger partial charge is 0.496 e.